The maximum absolute atomic E-state index is 12.5. The number of halogens is 1. The van der Waals surface area contributed by atoms with Crippen molar-refractivity contribution in [3.63, 3.8) is 0 Å². The number of aliphatic hydroxyl groups is 2. The third-order valence-corrected chi connectivity index (χ3v) is 11.0. The van der Waals surface area contributed by atoms with Crippen LogP contribution in [-0.4, -0.2) is 80.9 Å². The minimum atomic E-state index is -4.86. The number of aromatic nitrogens is 3. The Morgan fingerprint density at radius 3 is 2.58 bits per heavy atom. The van der Waals surface area contributed by atoms with Gasteiger partial charge in [-0.3, -0.25) is 9.13 Å². The van der Waals surface area contributed by atoms with Crippen molar-refractivity contribution in [2.24, 2.45) is 0 Å². The first-order valence-electron chi connectivity index (χ1n) is 11.6. The number of fused-ring (bicyclic) bond motifs is 1. The van der Waals surface area contributed by atoms with Gasteiger partial charge in [0.2, 0.25) is 0 Å². The van der Waals surface area contributed by atoms with Crippen molar-refractivity contribution in [2.45, 2.75) is 42.4 Å². The largest absolute Gasteiger partial charge is 0.387 e. The third kappa shape index (κ3) is 6.92. The number of benzene rings is 1. The summed E-state index contributed by atoms with van der Waals surface area (Å²) in [4.78, 5) is 32.2. The van der Waals surface area contributed by atoms with Crippen molar-refractivity contribution in [1.29, 1.82) is 4.78 Å². The van der Waals surface area contributed by atoms with Crippen molar-refractivity contribution in [1.82, 2.24) is 14.8 Å². The molecule has 7 N–H and O–H groups in total. The third-order valence-electron chi connectivity index (χ3n) is 6.09. The molecule has 7 atom stereocenters. The van der Waals surface area contributed by atoms with Gasteiger partial charge in [0.05, 0.1) is 38.5 Å². The van der Waals surface area contributed by atoms with Crippen LogP contribution >= 0.6 is 26.8 Å². The second-order valence-electron chi connectivity index (χ2n) is 9.35. The summed E-state index contributed by atoms with van der Waals surface area (Å²) in [5, 5.41) is 29.1. The number of rotatable bonds is 10. The van der Waals surface area contributed by atoms with Crippen molar-refractivity contribution in [3.8, 4) is 0 Å². The molecule has 0 aliphatic carbocycles. The predicted octanol–water partition coefficient (Wildman–Crippen LogP) is 2.25. The molecule has 0 bridgehead atoms. The van der Waals surface area contributed by atoms with E-state index in [-0.39, 0.29) is 10.8 Å². The second kappa shape index (κ2) is 11.4. The molecule has 1 aliphatic heterocycles. The molecule has 1 saturated heterocycles. The first-order valence-corrected chi connectivity index (χ1v) is 17.5. The fourth-order valence-electron chi connectivity index (χ4n) is 4.33. The topological polar surface area (TPSA) is 237 Å². The van der Waals surface area contributed by atoms with Crippen molar-refractivity contribution < 1.29 is 47.5 Å². The van der Waals surface area contributed by atoms with E-state index in [1.165, 1.54) is 18.5 Å². The zero-order chi connectivity index (χ0) is 29.6. The average Bonchev–Trinajstić information content (AvgIpc) is 3.36. The molecule has 19 heteroatoms. The van der Waals surface area contributed by atoms with E-state index < -0.39 is 68.0 Å². The van der Waals surface area contributed by atoms with Gasteiger partial charge in [0, 0.05) is 12.3 Å². The molecular formula is C21H28ClN5O10P2S. The van der Waals surface area contributed by atoms with Crippen LogP contribution in [-0.2, 0) is 28.1 Å². The number of nitrogens with one attached hydrogen (secondary N) is 2. The number of hydrogen-bond acceptors (Lipinski definition) is 11. The number of nitrogens with zero attached hydrogens (tertiary/aromatic N) is 3. The highest BCUT2D eigenvalue weighted by Crippen LogP contribution is 2.55. The molecule has 3 heterocycles. The Bertz CT molecular complexity index is 1620. The summed E-state index contributed by atoms with van der Waals surface area (Å²) in [6.07, 6.45) is -3.12. The molecule has 0 saturated carbocycles. The Morgan fingerprint density at radius 1 is 1.25 bits per heavy atom. The van der Waals surface area contributed by atoms with Crippen molar-refractivity contribution in [3.05, 3.63) is 47.2 Å². The highest BCUT2D eigenvalue weighted by atomic mass is 35.5. The van der Waals surface area contributed by atoms with E-state index in [1.807, 2.05) is 6.92 Å². The summed E-state index contributed by atoms with van der Waals surface area (Å²) >= 11 is 6.28. The lowest BCUT2D eigenvalue weighted by atomic mass is 10.1. The summed E-state index contributed by atoms with van der Waals surface area (Å²) in [5.74, 6) is -1.42. The van der Waals surface area contributed by atoms with Gasteiger partial charge >= 0.3 is 15.2 Å². The lowest BCUT2D eigenvalue weighted by Gasteiger charge is -2.20. The van der Waals surface area contributed by atoms with Gasteiger partial charge in [-0.15, -0.1) is 0 Å². The number of ether oxygens (including phenoxy) is 1. The van der Waals surface area contributed by atoms with Crippen molar-refractivity contribution >= 4 is 53.2 Å². The lowest BCUT2D eigenvalue weighted by molar-refractivity contribution is -0.0541. The molecule has 2 aromatic heterocycles. The summed E-state index contributed by atoms with van der Waals surface area (Å²) in [7, 11) is -12.6. The van der Waals surface area contributed by atoms with Gasteiger partial charge in [-0.2, -0.15) is 5.10 Å². The van der Waals surface area contributed by atoms with Gasteiger partial charge < -0.3 is 39.5 Å². The normalized spacial score (nSPS) is 25.4. The molecule has 220 valence electrons. The Kier molecular flexibility index (Phi) is 8.82. The van der Waals surface area contributed by atoms with Crippen LogP contribution in [0.15, 0.2) is 41.4 Å². The van der Waals surface area contributed by atoms with Crippen molar-refractivity contribution in [2.75, 3.05) is 24.1 Å². The molecule has 1 aliphatic rings. The van der Waals surface area contributed by atoms with Crippen LogP contribution in [0.2, 0.25) is 5.15 Å². The minimum absolute atomic E-state index is 0.0450. The summed E-state index contributed by atoms with van der Waals surface area (Å²) in [5.41, 5.74) is 1.27. The number of anilines is 1. The van der Waals surface area contributed by atoms with E-state index >= 15 is 0 Å². The van der Waals surface area contributed by atoms with Crippen LogP contribution in [0.25, 0.3) is 11.0 Å². The van der Waals surface area contributed by atoms with E-state index in [2.05, 4.69) is 15.4 Å². The highest BCUT2D eigenvalue weighted by molar-refractivity contribution is 7.91. The quantitative estimate of drug-likeness (QED) is 0.125. The monoisotopic (exact) mass is 639 g/mol. The van der Waals surface area contributed by atoms with E-state index in [0.717, 1.165) is 4.68 Å². The number of hydrogen-bond donors (Lipinski definition) is 7. The maximum atomic E-state index is 12.5. The molecule has 40 heavy (non-hydrogen) atoms. The standard InChI is InChI=1S/C21H28ClN5O10P2S/c1-11(12-5-3-4-6-16(12)40(2,23)35)25-14-7-17(22)26-20-13(14)8-24-27(20)21-19(29)18(28)15(37-21)9-36-39(33,34)10-38(30,31)32/h3-8,11,15,18-19,21,23,28-29H,9-10H2,1-2H3,(H,25,26)(H,33,34)(H2,30,31,32)/t11-,15+,18+,19+,21+,40?/m0/s1. The first kappa shape index (κ1) is 31.0. The molecule has 1 aromatic carbocycles. The summed E-state index contributed by atoms with van der Waals surface area (Å²) in [6, 6.07) is 7.96. The van der Waals surface area contributed by atoms with Crippen LogP contribution in [0.5, 0.6) is 0 Å². The molecule has 4 rings (SSSR count). The molecule has 3 aromatic rings. The molecular weight excluding hydrogens is 612 g/mol. The van der Waals surface area contributed by atoms with Gasteiger partial charge in [-0.25, -0.2) is 18.7 Å². The second-order valence-corrected chi connectivity index (χ2v) is 15.9. The Labute approximate surface area is 233 Å². The van der Waals surface area contributed by atoms with E-state index in [9.17, 15) is 28.4 Å². The van der Waals surface area contributed by atoms with Gasteiger partial charge in [0.15, 0.2) is 17.8 Å². The smallest absolute Gasteiger partial charge is 0.340 e. The SMILES string of the molecule is C[C@H](Nc1cc(Cl)nc2c1cnn2[C@@H]1O[C@H](COP(=O)(O)CP(=O)(O)O)[C@@H](O)[C@H]1O)c1ccccc1S(C)(=N)=O. The fourth-order valence-corrected chi connectivity index (χ4v) is 8.12. The lowest BCUT2D eigenvalue weighted by Crippen LogP contribution is -2.33. The number of aliphatic hydroxyl groups excluding tert-OH is 2. The van der Waals surface area contributed by atoms with Crippen LogP contribution in [0.1, 0.15) is 24.8 Å². The zero-order valence-corrected chi connectivity index (χ0v) is 24.4. The van der Waals surface area contributed by atoms with Crippen LogP contribution in [0, 0.1) is 4.78 Å². The Balaban J connectivity index is 1.59. The van der Waals surface area contributed by atoms with Gasteiger partial charge in [0.25, 0.3) is 0 Å². The molecule has 1 fully saturated rings. The Morgan fingerprint density at radius 2 is 1.93 bits per heavy atom. The molecule has 0 spiro atoms. The highest BCUT2D eigenvalue weighted by Gasteiger charge is 2.46. The van der Waals surface area contributed by atoms with Gasteiger partial charge in [0.1, 0.15) is 23.5 Å². The first-order chi connectivity index (χ1) is 18.5. The molecule has 0 radical (unpaired) electrons. The molecule has 2 unspecified atom stereocenters. The van der Waals surface area contributed by atoms with E-state index in [1.54, 1.807) is 24.3 Å². The number of pyridine rings is 1. The average molecular weight is 640 g/mol. The van der Waals surface area contributed by atoms with Crippen LogP contribution < -0.4 is 5.32 Å². The van der Waals surface area contributed by atoms with Gasteiger partial charge in [-0.05, 0) is 24.6 Å². The fraction of sp³-hybridized carbons (Fsp3) is 0.429. The molecule has 15 nitrogen and oxygen atoms in total. The minimum Gasteiger partial charge on any atom is -0.387 e. The van der Waals surface area contributed by atoms with E-state index in [4.69, 9.17) is 35.4 Å². The maximum Gasteiger partial charge on any atom is 0.340 e. The van der Waals surface area contributed by atoms with Crippen LogP contribution in [0.4, 0.5) is 5.69 Å². The predicted molar refractivity (Wildman–Crippen MR) is 145 cm³/mol. The van der Waals surface area contributed by atoms with E-state index in [0.29, 0.717) is 21.5 Å². The zero-order valence-electron chi connectivity index (χ0n) is 21.1. The van der Waals surface area contributed by atoms with Crippen LogP contribution in [0.3, 0.4) is 0 Å². The Hall–Kier alpha value is -1.94. The summed E-state index contributed by atoms with van der Waals surface area (Å²) in [6.45, 7) is 1.06. The summed E-state index contributed by atoms with van der Waals surface area (Å²) < 4.78 is 55.1. The molecule has 0 amide bonds. The van der Waals surface area contributed by atoms with Gasteiger partial charge in [-0.1, -0.05) is 29.8 Å².